The van der Waals surface area contributed by atoms with Gasteiger partial charge >= 0.3 is 0 Å². The molecule has 0 bridgehead atoms. The predicted octanol–water partition coefficient (Wildman–Crippen LogP) is 6.44. The highest BCUT2D eigenvalue weighted by Crippen LogP contribution is 2.35. The van der Waals surface area contributed by atoms with E-state index in [0.717, 1.165) is 47.4 Å². The molecule has 3 rings (SSSR count). The van der Waals surface area contributed by atoms with Gasteiger partial charge in [0.05, 0.1) is 4.99 Å². The van der Waals surface area contributed by atoms with E-state index in [4.69, 9.17) is 12.2 Å². The Labute approximate surface area is 203 Å². The first-order valence-electron chi connectivity index (χ1n) is 11.8. The summed E-state index contributed by atoms with van der Waals surface area (Å²) in [5.41, 5.74) is 6.56. The van der Waals surface area contributed by atoms with Gasteiger partial charge in [-0.15, -0.1) is 0 Å². The fourth-order valence-corrected chi connectivity index (χ4v) is 4.86. The highest BCUT2D eigenvalue weighted by atomic mass is 32.1. The molecule has 1 aromatic heterocycles. The third-order valence-electron chi connectivity index (χ3n) is 6.49. The number of aromatic nitrogens is 1. The van der Waals surface area contributed by atoms with Crippen LogP contribution in [0.4, 0.5) is 0 Å². The SMILES string of the molecule is CCC=C(CCC(Cc1ccc2c(c1)c(C)cn2C)C(=S)NC)c1cc(CC)c(O)cc1O. The smallest absolute Gasteiger partial charge is 0.126 e. The fourth-order valence-electron chi connectivity index (χ4n) is 4.66. The van der Waals surface area contributed by atoms with Crippen LogP contribution in [-0.2, 0) is 19.9 Å². The molecule has 5 heteroatoms. The van der Waals surface area contributed by atoms with Crippen LogP contribution >= 0.6 is 12.2 Å². The first kappa shape index (κ1) is 24.8. The highest BCUT2D eigenvalue weighted by Gasteiger charge is 2.18. The lowest BCUT2D eigenvalue weighted by molar-refractivity contribution is 0.445. The molecule has 0 aliphatic rings. The van der Waals surface area contributed by atoms with Crippen molar-refractivity contribution in [2.24, 2.45) is 13.0 Å². The van der Waals surface area contributed by atoms with Gasteiger partial charge in [-0.05, 0) is 79.5 Å². The minimum atomic E-state index is 0.127. The number of allylic oxidation sites excluding steroid dienone is 2. The molecule has 0 amide bonds. The zero-order chi connectivity index (χ0) is 24.1. The van der Waals surface area contributed by atoms with Crippen molar-refractivity contribution in [3.8, 4) is 11.5 Å². The van der Waals surface area contributed by atoms with Crippen molar-refractivity contribution in [2.45, 2.75) is 52.9 Å². The van der Waals surface area contributed by atoms with E-state index in [2.05, 4.69) is 61.3 Å². The third kappa shape index (κ3) is 5.59. The number of thiocarbonyl (C=S) groups is 1. The van der Waals surface area contributed by atoms with Crippen LogP contribution < -0.4 is 5.32 Å². The summed E-state index contributed by atoms with van der Waals surface area (Å²) in [7, 11) is 3.97. The maximum atomic E-state index is 10.6. The number of fused-ring (bicyclic) bond motifs is 1. The molecule has 0 spiro atoms. The number of hydrogen-bond donors (Lipinski definition) is 3. The molecule has 2 aromatic carbocycles. The summed E-state index contributed by atoms with van der Waals surface area (Å²) >= 11 is 5.70. The summed E-state index contributed by atoms with van der Waals surface area (Å²) in [6, 6.07) is 10.1. The van der Waals surface area contributed by atoms with Gasteiger partial charge in [0.15, 0.2) is 0 Å². The minimum Gasteiger partial charge on any atom is -0.508 e. The van der Waals surface area contributed by atoms with E-state index in [9.17, 15) is 10.2 Å². The Hall–Kier alpha value is -2.79. The Bertz CT molecular complexity index is 1180. The maximum Gasteiger partial charge on any atom is 0.126 e. The molecule has 0 saturated carbocycles. The lowest BCUT2D eigenvalue weighted by atomic mass is 9.89. The standard InChI is InChI=1S/C28H36N2O2S/c1-6-8-21(24-15-20(7-2)26(31)16-27(24)32)10-11-22(28(33)29-4)13-19-9-12-25-23(14-19)18(3)17-30(25)5/h8-9,12,14-17,22,31-32H,6-7,10-11,13H2,1-5H3,(H,29,33). The zero-order valence-electron chi connectivity index (χ0n) is 20.4. The number of rotatable bonds is 9. The number of phenolic OH excluding ortho intramolecular Hbond substituents is 2. The average Bonchev–Trinajstić information content (AvgIpc) is 3.08. The van der Waals surface area contributed by atoms with Crippen LogP contribution in [0.25, 0.3) is 16.5 Å². The van der Waals surface area contributed by atoms with Crippen molar-refractivity contribution in [2.75, 3.05) is 7.05 Å². The lowest BCUT2D eigenvalue weighted by Crippen LogP contribution is -2.27. The fraction of sp³-hybridized carbons (Fsp3) is 0.393. The van der Waals surface area contributed by atoms with Crippen molar-refractivity contribution in [1.29, 1.82) is 0 Å². The number of aromatic hydroxyl groups is 2. The molecular formula is C28H36N2O2S. The molecule has 1 atom stereocenters. The molecule has 0 aliphatic heterocycles. The first-order chi connectivity index (χ1) is 15.8. The summed E-state index contributed by atoms with van der Waals surface area (Å²) in [5, 5.41) is 25.1. The van der Waals surface area contributed by atoms with Gasteiger partial charge in [-0.2, -0.15) is 0 Å². The summed E-state index contributed by atoms with van der Waals surface area (Å²) in [4.78, 5) is 0.861. The summed E-state index contributed by atoms with van der Waals surface area (Å²) in [6.07, 6.45) is 8.47. The van der Waals surface area contributed by atoms with Crippen LogP contribution in [0, 0.1) is 12.8 Å². The maximum absolute atomic E-state index is 10.6. The Morgan fingerprint density at radius 3 is 2.58 bits per heavy atom. The van der Waals surface area contributed by atoms with E-state index < -0.39 is 0 Å². The molecule has 4 nitrogen and oxygen atoms in total. The Balaban J connectivity index is 1.85. The molecular weight excluding hydrogens is 428 g/mol. The zero-order valence-corrected chi connectivity index (χ0v) is 21.2. The quantitative estimate of drug-likeness (QED) is 0.319. The van der Waals surface area contributed by atoms with E-state index in [1.54, 1.807) is 0 Å². The van der Waals surface area contributed by atoms with Gasteiger partial charge < -0.3 is 20.1 Å². The van der Waals surface area contributed by atoms with Gasteiger partial charge in [-0.3, -0.25) is 0 Å². The Kier molecular flexibility index (Phi) is 8.20. The van der Waals surface area contributed by atoms with Crippen molar-refractivity contribution in [3.05, 3.63) is 64.9 Å². The third-order valence-corrected chi connectivity index (χ3v) is 7.03. The molecule has 0 fully saturated rings. The van der Waals surface area contributed by atoms with Crippen LogP contribution in [-0.4, -0.2) is 26.8 Å². The lowest BCUT2D eigenvalue weighted by Gasteiger charge is -2.20. The van der Waals surface area contributed by atoms with E-state index in [1.807, 2.05) is 20.0 Å². The van der Waals surface area contributed by atoms with Gasteiger partial charge in [0, 0.05) is 48.7 Å². The van der Waals surface area contributed by atoms with E-state index in [1.165, 1.54) is 28.1 Å². The van der Waals surface area contributed by atoms with E-state index in [0.29, 0.717) is 6.42 Å². The molecule has 3 N–H and O–H groups in total. The first-order valence-corrected chi connectivity index (χ1v) is 12.2. The second-order valence-electron chi connectivity index (χ2n) is 8.82. The topological polar surface area (TPSA) is 57.4 Å². The second kappa shape index (κ2) is 10.9. The Morgan fingerprint density at radius 2 is 1.91 bits per heavy atom. The van der Waals surface area contributed by atoms with Crippen LogP contribution in [0.2, 0.25) is 0 Å². The molecule has 176 valence electrons. The van der Waals surface area contributed by atoms with E-state index in [-0.39, 0.29) is 17.4 Å². The number of benzene rings is 2. The summed E-state index contributed by atoms with van der Waals surface area (Å²) < 4.78 is 2.17. The highest BCUT2D eigenvalue weighted by molar-refractivity contribution is 7.80. The number of nitrogens with one attached hydrogen (secondary N) is 1. The molecule has 33 heavy (non-hydrogen) atoms. The number of hydrogen-bond acceptors (Lipinski definition) is 3. The second-order valence-corrected chi connectivity index (χ2v) is 9.26. The average molecular weight is 465 g/mol. The van der Waals surface area contributed by atoms with Crippen LogP contribution in [0.1, 0.15) is 55.4 Å². The van der Waals surface area contributed by atoms with Crippen molar-refractivity contribution in [1.82, 2.24) is 9.88 Å². The number of aryl methyl sites for hydroxylation is 3. The van der Waals surface area contributed by atoms with Crippen molar-refractivity contribution in [3.63, 3.8) is 0 Å². The minimum absolute atomic E-state index is 0.127. The summed E-state index contributed by atoms with van der Waals surface area (Å²) in [5.74, 6) is 0.467. The van der Waals surface area contributed by atoms with Crippen molar-refractivity contribution >= 4 is 33.7 Å². The number of phenols is 2. The molecule has 1 heterocycles. The normalized spacial score (nSPS) is 12.8. The van der Waals surface area contributed by atoms with Crippen LogP contribution in [0.5, 0.6) is 11.5 Å². The van der Waals surface area contributed by atoms with Gasteiger partial charge in [0.2, 0.25) is 0 Å². The predicted molar refractivity (Wildman–Crippen MR) is 143 cm³/mol. The van der Waals surface area contributed by atoms with Crippen LogP contribution in [0.3, 0.4) is 0 Å². The monoisotopic (exact) mass is 464 g/mol. The van der Waals surface area contributed by atoms with Gasteiger partial charge in [-0.25, -0.2) is 0 Å². The molecule has 0 aliphatic carbocycles. The van der Waals surface area contributed by atoms with Gasteiger partial charge in [0.25, 0.3) is 0 Å². The number of nitrogens with zero attached hydrogens (tertiary/aromatic N) is 1. The Morgan fingerprint density at radius 1 is 1.15 bits per heavy atom. The molecule has 0 radical (unpaired) electrons. The van der Waals surface area contributed by atoms with Gasteiger partial charge in [0.1, 0.15) is 11.5 Å². The van der Waals surface area contributed by atoms with Crippen molar-refractivity contribution < 1.29 is 10.2 Å². The molecule has 0 saturated heterocycles. The summed E-state index contributed by atoms with van der Waals surface area (Å²) in [6.45, 7) is 6.26. The van der Waals surface area contributed by atoms with Crippen LogP contribution in [0.15, 0.2) is 42.6 Å². The molecule has 3 aromatic rings. The molecule has 1 unspecified atom stereocenters. The van der Waals surface area contributed by atoms with E-state index >= 15 is 0 Å². The largest absolute Gasteiger partial charge is 0.508 e. The van der Waals surface area contributed by atoms with Gasteiger partial charge in [-0.1, -0.05) is 38.2 Å².